The number of amides is 2. The molecule has 1 heterocycles. The summed E-state index contributed by atoms with van der Waals surface area (Å²) in [5, 5.41) is 2.93. The summed E-state index contributed by atoms with van der Waals surface area (Å²) in [6.07, 6.45) is 3.03. The minimum atomic E-state index is -0.491. The number of nitrogens with one attached hydrogen (secondary N) is 1. The van der Waals surface area contributed by atoms with Crippen LogP contribution >= 0.6 is 0 Å². The molecule has 0 radical (unpaired) electrons. The van der Waals surface area contributed by atoms with Crippen LogP contribution in [-0.2, 0) is 9.53 Å². The van der Waals surface area contributed by atoms with Crippen molar-refractivity contribution in [2.45, 2.75) is 59.1 Å². The Kier molecular flexibility index (Phi) is 5.60. The van der Waals surface area contributed by atoms with Crippen LogP contribution in [0.4, 0.5) is 4.79 Å². The Morgan fingerprint density at radius 3 is 2.50 bits per heavy atom. The number of likely N-dealkylation sites (tertiary alicyclic amines) is 1. The van der Waals surface area contributed by atoms with Crippen molar-refractivity contribution in [1.29, 1.82) is 0 Å². The Labute approximate surface area is 121 Å². The average Bonchev–Trinajstić information content (AvgIpc) is 2.25. The number of rotatable bonds is 2. The molecule has 1 fully saturated rings. The molecule has 0 aromatic rings. The topological polar surface area (TPSA) is 58.6 Å². The molecule has 20 heavy (non-hydrogen) atoms. The number of allylic oxidation sites excluding steroid dienone is 1. The van der Waals surface area contributed by atoms with Crippen LogP contribution in [0.5, 0.6) is 0 Å². The maximum absolute atomic E-state index is 12.0. The quantitative estimate of drug-likeness (QED) is 0.792. The molecule has 0 saturated carbocycles. The van der Waals surface area contributed by atoms with Gasteiger partial charge in [-0.1, -0.05) is 5.57 Å². The molecule has 0 aromatic carbocycles. The first-order chi connectivity index (χ1) is 9.17. The SMILES string of the molecule is CC(C)=CC(=O)N[C@@H]1CCCN(C(=O)OC(C)(C)C)C1. The van der Waals surface area contributed by atoms with Crippen molar-refractivity contribution >= 4 is 12.0 Å². The van der Waals surface area contributed by atoms with E-state index in [4.69, 9.17) is 4.74 Å². The fourth-order valence-electron chi connectivity index (χ4n) is 2.09. The van der Waals surface area contributed by atoms with E-state index in [2.05, 4.69) is 5.32 Å². The van der Waals surface area contributed by atoms with E-state index < -0.39 is 5.60 Å². The Bertz CT molecular complexity index is 392. The molecule has 0 unspecified atom stereocenters. The molecule has 5 nitrogen and oxygen atoms in total. The van der Waals surface area contributed by atoms with Gasteiger partial charge < -0.3 is 15.0 Å². The van der Waals surface area contributed by atoms with Gasteiger partial charge in [-0.15, -0.1) is 0 Å². The minimum Gasteiger partial charge on any atom is -0.444 e. The van der Waals surface area contributed by atoms with Crippen molar-refractivity contribution in [3.8, 4) is 0 Å². The van der Waals surface area contributed by atoms with E-state index in [0.717, 1.165) is 18.4 Å². The standard InChI is InChI=1S/C15H26N2O3/c1-11(2)9-13(18)16-12-7-6-8-17(10-12)14(19)20-15(3,4)5/h9,12H,6-8,10H2,1-5H3,(H,16,18)/t12-/m1/s1. The molecule has 1 rings (SSSR count). The van der Waals surface area contributed by atoms with Crippen LogP contribution in [0.3, 0.4) is 0 Å². The van der Waals surface area contributed by atoms with Gasteiger partial charge in [0.15, 0.2) is 0 Å². The molecule has 2 amide bonds. The molecular weight excluding hydrogens is 256 g/mol. The number of hydrogen-bond donors (Lipinski definition) is 1. The van der Waals surface area contributed by atoms with Crippen molar-refractivity contribution in [2.75, 3.05) is 13.1 Å². The van der Waals surface area contributed by atoms with Crippen molar-refractivity contribution in [3.63, 3.8) is 0 Å². The number of hydrogen-bond acceptors (Lipinski definition) is 3. The summed E-state index contributed by atoms with van der Waals surface area (Å²) in [5.41, 5.74) is 0.470. The molecular formula is C15H26N2O3. The first-order valence-corrected chi connectivity index (χ1v) is 7.11. The Morgan fingerprint density at radius 2 is 1.95 bits per heavy atom. The first kappa shape index (κ1) is 16.5. The van der Waals surface area contributed by atoms with Gasteiger partial charge in [0.25, 0.3) is 0 Å². The zero-order chi connectivity index (χ0) is 15.3. The number of nitrogens with zero attached hydrogens (tertiary/aromatic N) is 1. The second-order valence-corrected chi connectivity index (χ2v) is 6.50. The van der Waals surface area contributed by atoms with E-state index in [9.17, 15) is 9.59 Å². The first-order valence-electron chi connectivity index (χ1n) is 7.11. The molecule has 114 valence electrons. The molecule has 1 N–H and O–H groups in total. The van der Waals surface area contributed by atoms with Gasteiger partial charge in [-0.05, 0) is 47.5 Å². The lowest BCUT2D eigenvalue weighted by Crippen LogP contribution is -2.50. The van der Waals surface area contributed by atoms with Crippen LogP contribution < -0.4 is 5.32 Å². The summed E-state index contributed by atoms with van der Waals surface area (Å²) in [4.78, 5) is 25.4. The van der Waals surface area contributed by atoms with Gasteiger partial charge in [0, 0.05) is 25.2 Å². The normalized spacial score (nSPS) is 19.2. The highest BCUT2D eigenvalue weighted by Gasteiger charge is 2.27. The van der Waals surface area contributed by atoms with E-state index in [0.29, 0.717) is 13.1 Å². The van der Waals surface area contributed by atoms with Gasteiger partial charge in [0.05, 0.1) is 0 Å². The third kappa shape index (κ3) is 6.08. The fraction of sp³-hybridized carbons (Fsp3) is 0.733. The zero-order valence-electron chi connectivity index (χ0n) is 13.2. The van der Waals surface area contributed by atoms with Gasteiger partial charge in [-0.3, -0.25) is 4.79 Å². The lowest BCUT2D eigenvalue weighted by atomic mass is 10.1. The lowest BCUT2D eigenvalue weighted by Gasteiger charge is -2.34. The largest absolute Gasteiger partial charge is 0.444 e. The van der Waals surface area contributed by atoms with Crippen molar-refractivity contribution in [3.05, 3.63) is 11.6 Å². The Morgan fingerprint density at radius 1 is 1.30 bits per heavy atom. The Balaban J connectivity index is 2.52. The molecule has 1 saturated heterocycles. The van der Waals surface area contributed by atoms with Crippen LogP contribution in [-0.4, -0.2) is 41.6 Å². The van der Waals surface area contributed by atoms with Gasteiger partial charge in [-0.25, -0.2) is 4.79 Å². The average molecular weight is 282 g/mol. The fourth-order valence-corrected chi connectivity index (χ4v) is 2.09. The summed E-state index contributed by atoms with van der Waals surface area (Å²) in [6.45, 7) is 10.5. The zero-order valence-corrected chi connectivity index (χ0v) is 13.2. The minimum absolute atomic E-state index is 0.000585. The van der Waals surface area contributed by atoms with Gasteiger partial charge in [-0.2, -0.15) is 0 Å². The Hall–Kier alpha value is -1.52. The van der Waals surface area contributed by atoms with Gasteiger partial charge >= 0.3 is 6.09 Å². The van der Waals surface area contributed by atoms with Crippen LogP contribution in [0.15, 0.2) is 11.6 Å². The lowest BCUT2D eigenvalue weighted by molar-refractivity contribution is -0.117. The highest BCUT2D eigenvalue weighted by molar-refractivity contribution is 5.88. The third-order valence-electron chi connectivity index (χ3n) is 2.84. The molecule has 1 atom stereocenters. The second kappa shape index (κ2) is 6.77. The summed E-state index contributed by atoms with van der Waals surface area (Å²) in [5.74, 6) is -0.0963. The number of carbonyl (C=O) groups excluding carboxylic acids is 2. The summed E-state index contributed by atoms with van der Waals surface area (Å²) >= 11 is 0. The summed E-state index contributed by atoms with van der Waals surface area (Å²) in [6, 6.07) is -0.000585. The molecule has 0 aromatic heterocycles. The van der Waals surface area contributed by atoms with Crippen molar-refractivity contribution < 1.29 is 14.3 Å². The van der Waals surface area contributed by atoms with E-state index >= 15 is 0 Å². The number of piperidine rings is 1. The highest BCUT2D eigenvalue weighted by atomic mass is 16.6. The van der Waals surface area contributed by atoms with Crippen molar-refractivity contribution in [1.82, 2.24) is 10.2 Å². The van der Waals surface area contributed by atoms with Gasteiger partial charge in [0.1, 0.15) is 5.60 Å². The monoisotopic (exact) mass is 282 g/mol. The van der Waals surface area contributed by atoms with E-state index in [1.165, 1.54) is 0 Å². The number of ether oxygens (including phenoxy) is 1. The van der Waals surface area contributed by atoms with Crippen LogP contribution in [0.1, 0.15) is 47.5 Å². The predicted octanol–water partition coefficient (Wildman–Crippen LogP) is 2.47. The molecule has 5 heteroatoms. The maximum atomic E-state index is 12.0. The van der Waals surface area contributed by atoms with E-state index in [1.807, 2.05) is 34.6 Å². The van der Waals surface area contributed by atoms with Crippen LogP contribution in [0.2, 0.25) is 0 Å². The molecule has 1 aliphatic heterocycles. The maximum Gasteiger partial charge on any atom is 0.410 e. The predicted molar refractivity (Wildman–Crippen MR) is 78.4 cm³/mol. The van der Waals surface area contributed by atoms with Crippen LogP contribution in [0, 0.1) is 0 Å². The summed E-state index contributed by atoms with van der Waals surface area (Å²) in [7, 11) is 0. The van der Waals surface area contributed by atoms with E-state index in [-0.39, 0.29) is 18.0 Å². The smallest absolute Gasteiger partial charge is 0.410 e. The molecule has 0 aliphatic carbocycles. The molecule has 0 bridgehead atoms. The third-order valence-corrected chi connectivity index (χ3v) is 2.84. The number of carbonyl (C=O) groups is 2. The van der Waals surface area contributed by atoms with E-state index in [1.54, 1.807) is 11.0 Å². The van der Waals surface area contributed by atoms with Crippen LogP contribution in [0.25, 0.3) is 0 Å². The molecule has 0 spiro atoms. The highest BCUT2D eigenvalue weighted by Crippen LogP contribution is 2.15. The van der Waals surface area contributed by atoms with Crippen molar-refractivity contribution in [2.24, 2.45) is 0 Å². The van der Waals surface area contributed by atoms with Gasteiger partial charge in [0.2, 0.25) is 5.91 Å². The molecule has 1 aliphatic rings. The second-order valence-electron chi connectivity index (χ2n) is 6.50. The summed E-state index contributed by atoms with van der Waals surface area (Å²) < 4.78 is 5.36.